The summed E-state index contributed by atoms with van der Waals surface area (Å²) < 4.78 is 0. The average molecular weight is 530 g/mol. The summed E-state index contributed by atoms with van der Waals surface area (Å²) in [4.78, 5) is 14.6. The minimum absolute atomic E-state index is 0.506. The Bertz CT molecular complexity index is 1700. The van der Waals surface area contributed by atoms with Crippen LogP contribution < -0.4 is 0 Å². The Kier molecular flexibility index (Phi) is 6.70. The molecule has 182 valence electrons. The SMILES string of the molecule is Clc1cc(Cl)cc(-c2nc(-c3ccc(-c4ccccc4)cc3)nc(-c3cccc(-c4ccccc4)c3)n2)c1. The van der Waals surface area contributed by atoms with Gasteiger partial charge in [-0.05, 0) is 46.5 Å². The zero-order valence-electron chi connectivity index (χ0n) is 20.2. The van der Waals surface area contributed by atoms with Crippen LogP contribution >= 0.6 is 23.2 Å². The molecule has 5 aromatic carbocycles. The van der Waals surface area contributed by atoms with Crippen LogP contribution in [0.1, 0.15) is 0 Å². The van der Waals surface area contributed by atoms with Crippen molar-refractivity contribution in [2.24, 2.45) is 0 Å². The minimum atomic E-state index is 0.506. The summed E-state index contributed by atoms with van der Waals surface area (Å²) in [6.07, 6.45) is 0. The molecule has 6 rings (SSSR count). The van der Waals surface area contributed by atoms with E-state index in [0.717, 1.165) is 38.9 Å². The molecule has 1 heterocycles. The van der Waals surface area contributed by atoms with Crippen molar-refractivity contribution in [1.29, 1.82) is 0 Å². The molecule has 1 aromatic heterocycles. The van der Waals surface area contributed by atoms with E-state index in [-0.39, 0.29) is 0 Å². The maximum Gasteiger partial charge on any atom is 0.164 e. The first-order chi connectivity index (χ1) is 18.6. The normalized spacial score (nSPS) is 10.9. The standard InChI is InChI=1S/C33H21Cl2N3/c34-29-19-28(20-30(35)21-29)33-37-31(25-16-14-24(15-17-25)22-8-3-1-4-9-22)36-32(38-33)27-13-7-12-26(18-27)23-10-5-2-6-11-23/h1-21H. The molecular weight excluding hydrogens is 509 g/mol. The molecule has 0 unspecified atom stereocenters. The Hall–Kier alpha value is -4.31. The largest absolute Gasteiger partial charge is 0.208 e. The number of hydrogen-bond acceptors (Lipinski definition) is 3. The lowest BCUT2D eigenvalue weighted by Gasteiger charge is -2.10. The highest BCUT2D eigenvalue weighted by atomic mass is 35.5. The Labute approximate surface area is 231 Å². The van der Waals surface area contributed by atoms with Crippen LogP contribution in [0, 0.1) is 0 Å². The van der Waals surface area contributed by atoms with Gasteiger partial charge in [0.15, 0.2) is 17.5 Å². The molecule has 0 radical (unpaired) electrons. The third-order valence-electron chi connectivity index (χ3n) is 6.23. The Morgan fingerprint density at radius 3 is 1.34 bits per heavy atom. The lowest BCUT2D eigenvalue weighted by molar-refractivity contribution is 1.07. The molecule has 0 bridgehead atoms. The molecule has 0 aliphatic carbocycles. The fourth-order valence-electron chi connectivity index (χ4n) is 4.36. The van der Waals surface area contributed by atoms with Crippen molar-refractivity contribution in [1.82, 2.24) is 15.0 Å². The van der Waals surface area contributed by atoms with Gasteiger partial charge >= 0.3 is 0 Å². The van der Waals surface area contributed by atoms with Crippen molar-refractivity contribution < 1.29 is 0 Å². The van der Waals surface area contributed by atoms with Gasteiger partial charge in [0.05, 0.1) is 0 Å². The lowest BCUT2D eigenvalue weighted by Crippen LogP contribution is -2.00. The van der Waals surface area contributed by atoms with Gasteiger partial charge in [0.25, 0.3) is 0 Å². The molecule has 38 heavy (non-hydrogen) atoms. The van der Waals surface area contributed by atoms with Crippen LogP contribution in [-0.2, 0) is 0 Å². The van der Waals surface area contributed by atoms with Gasteiger partial charge in [0.2, 0.25) is 0 Å². The van der Waals surface area contributed by atoms with E-state index in [2.05, 4.69) is 48.5 Å². The molecule has 5 heteroatoms. The number of rotatable bonds is 5. The van der Waals surface area contributed by atoms with Crippen LogP contribution in [0.25, 0.3) is 56.4 Å². The van der Waals surface area contributed by atoms with Crippen molar-refractivity contribution in [3.05, 3.63) is 137 Å². The van der Waals surface area contributed by atoms with Crippen LogP contribution in [-0.4, -0.2) is 15.0 Å². The molecule has 0 amide bonds. The summed E-state index contributed by atoms with van der Waals surface area (Å²) >= 11 is 12.6. The molecule has 0 saturated heterocycles. The van der Waals surface area contributed by atoms with Gasteiger partial charge in [0.1, 0.15) is 0 Å². The van der Waals surface area contributed by atoms with Crippen LogP contribution in [0.5, 0.6) is 0 Å². The Morgan fingerprint density at radius 1 is 0.316 bits per heavy atom. The van der Waals surface area contributed by atoms with E-state index in [4.69, 9.17) is 38.2 Å². The quantitative estimate of drug-likeness (QED) is 0.223. The zero-order valence-corrected chi connectivity index (χ0v) is 21.7. The van der Waals surface area contributed by atoms with Gasteiger partial charge in [0, 0.05) is 26.7 Å². The van der Waals surface area contributed by atoms with Gasteiger partial charge in [-0.15, -0.1) is 0 Å². The highest BCUT2D eigenvalue weighted by Crippen LogP contribution is 2.31. The molecule has 0 fully saturated rings. The highest BCUT2D eigenvalue weighted by Gasteiger charge is 2.14. The maximum atomic E-state index is 6.32. The smallest absolute Gasteiger partial charge is 0.164 e. The van der Waals surface area contributed by atoms with Crippen molar-refractivity contribution in [3.63, 3.8) is 0 Å². The number of halogens is 2. The average Bonchev–Trinajstić information content (AvgIpc) is 2.97. The van der Waals surface area contributed by atoms with Crippen molar-refractivity contribution in [2.75, 3.05) is 0 Å². The first-order valence-corrected chi connectivity index (χ1v) is 12.9. The van der Waals surface area contributed by atoms with E-state index < -0.39 is 0 Å². The second-order valence-corrected chi connectivity index (χ2v) is 9.73. The van der Waals surface area contributed by atoms with E-state index in [9.17, 15) is 0 Å². The van der Waals surface area contributed by atoms with Crippen LogP contribution in [0.15, 0.2) is 127 Å². The predicted molar refractivity (Wildman–Crippen MR) is 157 cm³/mol. The molecule has 0 saturated carbocycles. The molecule has 0 atom stereocenters. The summed E-state index contributed by atoms with van der Waals surface area (Å²) in [5.41, 5.74) is 7.01. The fraction of sp³-hybridized carbons (Fsp3) is 0. The molecule has 3 nitrogen and oxygen atoms in total. The van der Waals surface area contributed by atoms with Crippen molar-refractivity contribution >= 4 is 23.2 Å². The van der Waals surface area contributed by atoms with Gasteiger partial charge < -0.3 is 0 Å². The Balaban J connectivity index is 1.48. The third kappa shape index (κ3) is 5.21. The van der Waals surface area contributed by atoms with Gasteiger partial charge in [-0.3, -0.25) is 0 Å². The molecule has 0 aliphatic heterocycles. The summed E-state index contributed by atoms with van der Waals surface area (Å²) in [7, 11) is 0. The van der Waals surface area contributed by atoms with Crippen LogP contribution in [0.2, 0.25) is 10.0 Å². The maximum absolute atomic E-state index is 6.32. The van der Waals surface area contributed by atoms with E-state index in [0.29, 0.717) is 27.5 Å². The third-order valence-corrected chi connectivity index (χ3v) is 6.67. The number of benzene rings is 5. The molecular formula is C33H21Cl2N3. The first kappa shape index (κ1) is 24.1. The molecule has 0 N–H and O–H groups in total. The summed E-state index contributed by atoms with van der Waals surface area (Å²) in [6, 6.07) is 42.3. The van der Waals surface area contributed by atoms with Crippen LogP contribution in [0.3, 0.4) is 0 Å². The predicted octanol–water partition coefficient (Wildman–Crippen LogP) is 9.51. The minimum Gasteiger partial charge on any atom is -0.208 e. The zero-order chi connectivity index (χ0) is 25.9. The molecule has 6 aromatic rings. The molecule has 0 aliphatic rings. The fourth-order valence-corrected chi connectivity index (χ4v) is 4.88. The first-order valence-electron chi connectivity index (χ1n) is 12.2. The lowest BCUT2D eigenvalue weighted by atomic mass is 10.0. The second-order valence-electron chi connectivity index (χ2n) is 8.85. The van der Waals surface area contributed by atoms with E-state index in [1.807, 2.05) is 72.8 Å². The van der Waals surface area contributed by atoms with Gasteiger partial charge in [-0.25, -0.2) is 15.0 Å². The van der Waals surface area contributed by atoms with Gasteiger partial charge in [-0.2, -0.15) is 0 Å². The second kappa shape index (κ2) is 10.6. The molecule has 0 spiro atoms. The number of hydrogen-bond donors (Lipinski definition) is 0. The monoisotopic (exact) mass is 529 g/mol. The summed E-state index contributed by atoms with van der Waals surface area (Å²) in [6.45, 7) is 0. The number of aromatic nitrogens is 3. The van der Waals surface area contributed by atoms with E-state index in [1.54, 1.807) is 6.07 Å². The van der Waals surface area contributed by atoms with E-state index in [1.165, 1.54) is 0 Å². The highest BCUT2D eigenvalue weighted by molar-refractivity contribution is 6.35. The van der Waals surface area contributed by atoms with Crippen molar-refractivity contribution in [3.8, 4) is 56.4 Å². The Morgan fingerprint density at radius 2 is 0.737 bits per heavy atom. The topological polar surface area (TPSA) is 38.7 Å². The summed E-state index contributed by atoms with van der Waals surface area (Å²) in [5.74, 6) is 1.66. The van der Waals surface area contributed by atoms with Crippen LogP contribution in [0.4, 0.5) is 0 Å². The summed E-state index contributed by atoms with van der Waals surface area (Å²) in [5, 5.41) is 1.05. The van der Waals surface area contributed by atoms with Crippen molar-refractivity contribution in [2.45, 2.75) is 0 Å². The van der Waals surface area contributed by atoms with E-state index >= 15 is 0 Å². The van der Waals surface area contributed by atoms with Gasteiger partial charge in [-0.1, -0.05) is 126 Å². The number of nitrogens with zero attached hydrogens (tertiary/aromatic N) is 3.